The molecule has 0 spiro atoms. The standard InChI is InChI=1S/C18H21N3O2/c1-12-15(17(23)21-18(2,11-22)14-8-9-14)10-19-16(20-12)13-6-4-3-5-7-13/h3-7,10,14,22H,8-9,11H2,1-2H3,(H,21,23). The van der Waals surface area contributed by atoms with Gasteiger partial charge in [0.1, 0.15) is 0 Å². The third-order valence-electron chi connectivity index (χ3n) is 4.46. The Balaban J connectivity index is 1.82. The molecule has 1 amide bonds. The van der Waals surface area contributed by atoms with Crippen LogP contribution in [0, 0.1) is 12.8 Å². The number of aliphatic hydroxyl groups is 1. The van der Waals surface area contributed by atoms with Crippen LogP contribution in [0.3, 0.4) is 0 Å². The molecule has 5 heteroatoms. The van der Waals surface area contributed by atoms with Gasteiger partial charge in [0.25, 0.3) is 5.91 Å². The average Bonchev–Trinajstić information content (AvgIpc) is 3.40. The molecule has 1 unspecified atom stereocenters. The Labute approximate surface area is 135 Å². The maximum atomic E-state index is 12.5. The van der Waals surface area contributed by atoms with Crippen LogP contribution in [0.1, 0.15) is 35.8 Å². The van der Waals surface area contributed by atoms with Crippen molar-refractivity contribution in [3.05, 3.63) is 47.8 Å². The van der Waals surface area contributed by atoms with Gasteiger partial charge in [0, 0.05) is 11.8 Å². The molecular formula is C18H21N3O2. The highest BCUT2D eigenvalue weighted by Gasteiger charge is 2.42. The number of benzene rings is 1. The molecule has 5 nitrogen and oxygen atoms in total. The highest BCUT2D eigenvalue weighted by Crippen LogP contribution is 2.39. The maximum absolute atomic E-state index is 12.5. The summed E-state index contributed by atoms with van der Waals surface area (Å²) < 4.78 is 0. The first-order valence-electron chi connectivity index (χ1n) is 7.86. The molecule has 0 aliphatic heterocycles. The zero-order chi connectivity index (χ0) is 16.4. The summed E-state index contributed by atoms with van der Waals surface area (Å²) in [4.78, 5) is 21.3. The molecule has 1 aromatic heterocycles. The first-order chi connectivity index (χ1) is 11.0. The highest BCUT2D eigenvalue weighted by molar-refractivity contribution is 5.95. The molecular weight excluding hydrogens is 290 g/mol. The van der Waals surface area contributed by atoms with Crippen LogP contribution in [-0.2, 0) is 0 Å². The minimum absolute atomic E-state index is 0.0641. The molecule has 120 valence electrons. The van der Waals surface area contributed by atoms with Crippen molar-refractivity contribution < 1.29 is 9.90 Å². The second-order valence-electron chi connectivity index (χ2n) is 6.36. The molecule has 1 atom stereocenters. The first-order valence-corrected chi connectivity index (χ1v) is 7.86. The molecule has 1 fully saturated rings. The van der Waals surface area contributed by atoms with Gasteiger partial charge >= 0.3 is 0 Å². The second-order valence-corrected chi connectivity index (χ2v) is 6.36. The van der Waals surface area contributed by atoms with Crippen molar-refractivity contribution in [3.63, 3.8) is 0 Å². The third kappa shape index (κ3) is 3.24. The van der Waals surface area contributed by atoms with Crippen LogP contribution in [0.15, 0.2) is 36.5 Å². The van der Waals surface area contributed by atoms with E-state index in [9.17, 15) is 9.90 Å². The lowest BCUT2D eigenvalue weighted by atomic mass is 9.96. The van der Waals surface area contributed by atoms with E-state index >= 15 is 0 Å². The molecule has 1 heterocycles. The topological polar surface area (TPSA) is 75.1 Å². The summed E-state index contributed by atoms with van der Waals surface area (Å²) in [5.74, 6) is 0.721. The Morgan fingerprint density at radius 3 is 2.61 bits per heavy atom. The van der Waals surface area contributed by atoms with Gasteiger partial charge in [-0.2, -0.15) is 0 Å². The van der Waals surface area contributed by atoms with E-state index < -0.39 is 5.54 Å². The van der Waals surface area contributed by atoms with Crippen molar-refractivity contribution in [3.8, 4) is 11.4 Å². The van der Waals surface area contributed by atoms with E-state index in [0.29, 0.717) is 23.0 Å². The maximum Gasteiger partial charge on any atom is 0.255 e. The number of aromatic nitrogens is 2. The van der Waals surface area contributed by atoms with Gasteiger partial charge in [0.05, 0.1) is 23.4 Å². The normalized spacial score (nSPS) is 16.7. The van der Waals surface area contributed by atoms with Crippen molar-refractivity contribution in [2.75, 3.05) is 6.61 Å². The van der Waals surface area contributed by atoms with E-state index in [0.717, 1.165) is 18.4 Å². The molecule has 2 aromatic rings. The van der Waals surface area contributed by atoms with Crippen LogP contribution in [0.5, 0.6) is 0 Å². The fourth-order valence-corrected chi connectivity index (χ4v) is 2.73. The average molecular weight is 311 g/mol. The Morgan fingerprint density at radius 2 is 2.04 bits per heavy atom. The summed E-state index contributed by atoms with van der Waals surface area (Å²) in [6.45, 7) is 3.62. The quantitative estimate of drug-likeness (QED) is 0.889. The first kappa shape index (κ1) is 15.6. The zero-order valence-corrected chi connectivity index (χ0v) is 13.4. The number of aryl methyl sites for hydroxylation is 1. The zero-order valence-electron chi connectivity index (χ0n) is 13.4. The van der Waals surface area contributed by atoms with Crippen molar-refractivity contribution in [2.45, 2.75) is 32.2 Å². The van der Waals surface area contributed by atoms with Crippen molar-refractivity contribution >= 4 is 5.91 Å². The SMILES string of the molecule is Cc1nc(-c2ccccc2)ncc1C(=O)NC(C)(CO)C1CC1. The summed E-state index contributed by atoms with van der Waals surface area (Å²) in [6, 6.07) is 9.66. The van der Waals surface area contributed by atoms with Crippen LogP contribution in [0.4, 0.5) is 0 Å². The van der Waals surface area contributed by atoms with Crippen molar-refractivity contribution in [1.29, 1.82) is 0 Å². The van der Waals surface area contributed by atoms with Gasteiger partial charge in [-0.05, 0) is 32.6 Å². The van der Waals surface area contributed by atoms with Gasteiger partial charge in [-0.3, -0.25) is 4.79 Å². The minimum atomic E-state index is -0.568. The van der Waals surface area contributed by atoms with Crippen LogP contribution < -0.4 is 5.32 Å². The van der Waals surface area contributed by atoms with Gasteiger partial charge in [0.15, 0.2) is 5.82 Å². The smallest absolute Gasteiger partial charge is 0.255 e. The third-order valence-corrected chi connectivity index (χ3v) is 4.46. The number of rotatable bonds is 5. The van der Waals surface area contributed by atoms with E-state index in [1.807, 2.05) is 37.3 Å². The largest absolute Gasteiger partial charge is 0.394 e. The molecule has 1 aromatic carbocycles. The van der Waals surface area contributed by atoms with Crippen molar-refractivity contribution in [1.82, 2.24) is 15.3 Å². The molecule has 3 rings (SSSR count). The molecule has 0 saturated heterocycles. The van der Waals surface area contributed by atoms with Crippen molar-refractivity contribution in [2.24, 2.45) is 5.92 Å². The molecule has 2 N–H and O–H groups in total. The number of hydrogen-bond acceptors (Lipinski definition) is 4. The fourth-order valence-electron chi connectivity index (χ4n) is 2.73. The van der Waals surface area contributed by atoms with Gasteiger partial charge in [0.2, 0.25) is 0 Å². The van der Waals surface area contributed by atoms with Gasteiger partial charge in [-0.25, -0.2) is 9.97 Å². The summed E-state index contributed by atoms with van der Waals surface area (Å²) in [5, 5.41) is 12.6. The van der Waals surface area contributed by atoms with Gasteiger partial charge < -0.3 is 10.4 Å². The van der Waals surface area contributed by atoms with E-state index in [2.05, 4.69) is 15.3 Å². The van der Waals surface area contributed by atoms with Crippen LogP contribution >= 0.6 is 0 Å². The Kier molecular flexibility index (Phi) is 4.13. The van der Waals surface area contributed by atoms with Crippen LogP contribution in [0.2, 0.25) is 0 Å². The number of carbonyl (C=O) groups is 1. The minimum Gasteiger partial charge on any atom is -0.394 e. The van der Waals surface area contributed by atoms with Crippen LogP contribution in [0.25, 0.3) is 11.4 Å². The molecule has 23 heavy (non-hydrogen) atoms. The lowest BCUT2D eigenvalue weighted by Gasteiger charge is -2.28. The molecule has 1 aliphatic rings. The number of nitrogens with zero attached hydrogens (tertiary/aromatic N) is 2. The van der Waals surface area contributed by atoms with E-state index in [1.165, 1.54) is 0 Å². The number of aliphatic hydroxyl groups excluding tert-OH is 1. The number of hydrogen-bond donors (Lipinski definition) is 2. The Morgan fingerprint density at radius 1 is 1.35 bits per heavy atom. The predicted octanol–water partition coefficient (Wildman–Crippen LogP) is 2.34. The summed E-state index contributed by atoms with van der Waals surface area (Å²) in [5.41, 5.74) is 1.43. The molecule has 0 bridgehead atoms. The Hall–Kier alpha value is -2.27. The monoisotopic (exact) mass is 311 g/mol. The van der Waals surface area contributed by atoms with E-state index in [-0.39, 0.29) is 12.5 Å². The highest BCUT2D eigenvalue weighted by atomic mass is 16.3. The Bertz CT molecular complexity index is 713. The number of nitrogens with one attached hydrogen (secondary N) is 1. The van der Waals surface area contributed by atoms with E-state index in [1.54, 1.807) is 13.1 Å². The summed E-state index contributed by atoms with van der Waals surface area (Å²) in [7, 11) is 0. The summed E-state index contributed by atoms with van der Waals surface area (Å²) in [6.07, 6.45) is 3.64. The fraction of sp³-hybridized carbons (Fsp3) is 0.389. The van der Waals surface area contributed by atoms with Gasteiger partial charge in [-0.1, -0.05) is 30.3 Å². The lowest BCUT2D eigenvalue weighted by molar-refractivity contribution is 0.0823. The number of carbonyl (C=O) groups excluding carboxylic acids is 1. The molecule has 1 saturated carbocycles. The lowest BCUT2D eigenvalue weighted by Crippen LogP contribution is -2.51. The van der Waals surface area contributed by atoms with Gasteiger partial charge in [-0.15, -0.1) is 0 Å². The number of amides is 1. The molecule has 1 aliphatic carbocycles. The predicted molar refractivity (Wildman–Crippen MR) is 87.9 cm³/mol. The van der Waals surface area contributed by atoms with Crippen LogP contribution in [-0.4, -0.2) is 33.1 Å². The second kappa shape index (κ2) is 6.08. The summed E-state index contributed by atoms with van der Waals surface area (Å²) >= 11 is 0. The van der Waals surface area contributed by atoms with E-state index in [4.69, 9.17) is 0 Å². The molecule has 0 radical (unpaired) electrons.